The van der Waals surface area contributed by atoms with E-state index in [9.17, 15) is 0 Å². The highest BCUT2D eigenvalue weighted by Gasteiger charge is 2.23. The molecule has 0 bridgehead atoms. The molecule has 3 aromatic heterocycles. The normalized spacial score (nSPS) is 11.8. The van der Waals surface area contributed by atoms with Crippen LogP contribution in [0.5, 0.6) is 0 Å². The Morgan fingerprint density at radius 1 is 0.247 bits per heavy atom. The van der Waals surface area contributed by atoms with Crippen molar-refractivity contribution in [2.45, 2.75) is 0 Å². The van der Waals surface area contributed by atoms with E-state index in [4.69, 9.17) is 0 Å². The number of aromatic nitrogens is 1. The van der Waals surface area contributed by atoms with Crippen LogP contribution in [0.25, 0.3) is 101 Å². The predicted octanol–water partition coefficient (Wildman–Crippen LogP) is 20.4. The van der Waals surface area contributed by atoms with Crippen LogP contribution in [0.15, 0.2) is 261 Å². The van der Waals surface area contributed by atoms with Crippen LogP contribution in [0.3, 0.4) is 0 Å². The number of para-hydroxylation sites is 2. The standard InChI is InChI=1S/C68H43N3S2/c1-2-18-50(19-3-1)71-63-23-11-8-20-57(63)60-40-48(28-33-64(60)71)49-38-55(69(51-29-26-44-14-4-6-16-46(44)36-51)53-31-34-67-61(42-53)58-21-9-12-24-65(58)72-67)41-56(39-49)70(52-30-27-45-15-5-7-17-47(45)37-52)54-32-35-68-62(43-54)59-22-10-13-25-66(59)73-68/h1-43H. The zero-order valence-corrected chi connectivity index (χ0v) is 41.1. The van der Waals surface area contributed by atoms with Crippen LogP contribution in [-0.2, 0) is 0 Å². The van der Waals surface area contributed by atoms with Gasteiger partial charge in [0.05, 0.1) is 11.0 Å². The number of rotatable bonds is 8. The molecule has 0 spiro atoms. The van der Waals surface area contributed by atoms with Crippen LogP contribution < -0.4 is 9.80 Å². The van der Waals surface area contributed by atoms with E-state index in [1.165, 1.54) is 83.7 Å². The topological polar surface area (TPSA) is 11.4 Å². The van der Waals surface area contributed by atoms with E-state index in [-0.39, 0.29) is 0 Å². The molecule has 73 heavy (non-hydrogen) atoms. The van der Waals surface area contributed by atoms with Gasteiger partial charge in [0, 0.05) is 90.9 Å². The summed E-state index contributed by atoms with van der Waals surface area (Å²) in [5.74, 6) is 0. The summed E-state index contributed by atoms with van der Waals surface area (Å²) in [4.78, 5) is 4.94. The minimum atomic E-state index is 1.06. The lowest BCUT2D eigenvalue weighted by molar-refractivity contribution is 1.18. The third-order valence-electron chi connectivity index (χ3n) is 14.7. The summed E-state index contributed by atoms with van der Waals surface area (Å²) < 4.78 is 7.54. The van der Waals surface area contributed by atoms with Gasteiger partial charge in [0.15, 0.2) is 0 Å². The van der Waals surface area contributed by atoms with Gasteiger partial charge < -0.3 is 14.4 Å². The van der Waals surface area contributed by atoms with Gasteiger partial charge in [0.1, 0.15) is 0 Å². The largest absolute Gasteiger partial charge is 0.310 e. The maximum absolute atomic E-state index is 2.47. The van der Waals surface area contributed by atoms with E-state index < -0.39 is 0 Å². The lowest BCUT2D eigenvalue weighted by Crippen LogP contribution is -2.13. The summed E-state index contributed by atoms with van der Waals surface area (Å²) in [7, 11) is 0. The van der Waals surface area contributed by atoms with Crippen molar-refractivity contribution in [3.63, 3.8) is 0 Å². The van der Waals surface area contributed by atoms with Crippen molar-refractivity contribution >= 4 is 140 Å². The molecular formula is C68H43N3S2. The number of nitrogens with zero attached hydrogens (tertiary/aromatic N) is 3. The zero-order valence-electron chi connectivity index (χ0n) is 39.5. The van der Waals surface area contributed by atoms with Crippen molar-refractivity contribution in [2.24, 2.45) is 0 Å². The Bertz CT molecular complexity index is 4440. The molecule has 0 fully saturated rings. The number of hydrogen-bond acceptors (Lipinski definition) is 4. The van der Waals surface area contributed by atoms with Gasteiger partial charge >= 0.3 is 0 Å². The Balaban J connectivity index is 1.02. The average Bonchev–Trinajstić information content (AvgIpc) is 4.12. The molecular weight excluding hydrogens is 923 g/mol. The van der Waals surface area contributed by atoms with Crippen LogP contribution >= 0.6 is 22.7 Å². The van der Waals surface area contributed by atoms with Crippen molar-refractivity contribution in [3.05, 3.63) is 261 Å². The summed E-state index contributed by atoms with van der Waals surface area (Å²) >= 11 is 3.71. The van der Waals surface area contributed by atoms with Gasteiger partial charge in [-0.1, -0.05) is 140 Å². The third kappa shape index (κ3) is 7.00. The minimum absolute atomic E-state index is 1.06. The highest BCUT2D eigenvalue weighted by Crippen LogP contribution is 2.48. The molecule has 0 N–H and O–H groups in total. The van der Waals surface area contributed by atoms with E-state index in [1.807, 2.05) is 22.7 Å². The Labute approximate surface area is 429 Å². The summed E-state index contributed by atoms with van der Waals surface area (Å²) in [6.07, 6.45) is 0. The molecule has 342 valence electrons. The van der Waals surface area contributed by atoms with E-state index in [0.717, 1.165) is 50.9 Å². The molecule has 3 nitrogen and oxygen atoms in total. The molecule has 0 aliphatic carbocycles. The third-order valence-corrected chi connectivity index (χ3v) is 17.0. The smallest absolute Gasteiger partial charge is 0.0541 e. The van der Waals surface area contributed by atoms with Crippen molar-refractivity contribution in [2.75, 3.05) is 9.80 Å². The number of fused-ring (bicyclic) bond motifs is 11. The van der Waals surface area contributed by atoms with Gasteiger partial charge in [-0.05, 0) is 154 Å². The van der Waals surface area contributed by atoms with E-state index in [2.05, 4.69) is 275 Å². The molecule has 12 aromatic carbocycles. The van der Waals surface area contributed by atoms with Crippen LogP contribution in [0.2, 0.25) is 0 Å². The maximum atomic E-state index is 2.47. The molecule has 0 unspecified atom stereocenters. The van der Waals surface area contributed by atoms with Gasteiger partial charge in [-0.15, -0.1) is 22.7 Å². The lowest BCUT2D eigenvalue weighted by Gasteiger charge is -2.31. The summed E-state index contributed by atoms with van der Waals surface area (Å²) in [5, 5.41) is 12.3. The average molecular weight is 966 g/mol. The van der Waals surface area contributed by atoms with Gasteiger partial charge in [-0.2, -0.15) is 0 Å². The quantitative estimate of drug-likeness (QED) is 0.150. The van der Waals surface area contributed by atoms with Crippen LogP contribution in [0.1, 0.15) is 0 Å². The fourth-order valence-electron chi connectivity index (χ4n) is 11.3. The Morgan fingerprint density at radius 3 is 1.29 bits per heavy atom. The van der Waals surface area contributed by atoms with Crippen molar-refractivity contribution < 1.29 is 0 Å². The SMILES string of the molecule is c1ccc(-n2c3ccccc3c3cc(-c4cc(N(c5ccc6ccccc6c5)c5ccc6sc7ccccc7c6c5)cc(N(c5ccc6ccccc6c5)c5ccc6sc7ccccc7c6c5)c4)ccc32)cc1. The Morgan fingerprint density at radius 2 is 0.699 bits per heavy atom. The molecule has 15 rings (SSSR count). The van der Waals surface area contributed by atoms with Crippen molar-refractivity contribution in [1.82, 2.24) is 4.57 Å². The van der Waals surface area contributed by atoms with E-state index >= 15 is 0 Å². The molecule has 0 saturated carbocycles. The first-order valence-corrected chi connectivity index (χ1v) is 26.4. The van der Waals surface area contributed by atoms with Crippen molar-refractivity contribution in [1.29, 1.82) is 0 Å². The predicted molar refractivity (Wildman–Crippen MR) is 316 cm³/mol. The zero-order chi connectivity index (χ0) is 48.0. The van der Waals surface area contributed by atoms with Gasteiger partial charge in [-0.3, -0.25) is 0 Å². The maximum Gasteiger partial charge on any atom is 0.0541 e. The van der Waals surface area contributed by atoms with Gasteiger partial charge in [0.2, 0.25) is 0 Å². The number of anilines is 6. The first kappa shape index (κ1) is 41.8. The second-order valence-corrected chi connectivity index (χ2v) is 21.1. The lowest BCUT2D eigenvalue weighted by atomic mass is 9.99. The molecule has 0 saturated heterocycles. The molecule has 15 aromatic rings. The first-order chi connectivity index (χ1) is 36.1. The number of benzene rings is 12. The summed E-state index contributed by atoms with van der Waals surface area (Å²) in [6, 6.07) is 96.6. The van der Waals surface area contributed by atoms with Gasteiger partial charge in [0.25, 0.3) is 0 Å². The van der Waals surface area contributed by atoms with E-state index in [0.29, 0.717) is 0 Å². The Kier molecular flexibility index (Phi) is 9.62. The first-order valence-electron chi connectivity index (χ1n) is 24.8. The monoisotopic (exact) mass is 965 g/mol. The molecule has 0 aliphatic heterocycles. The van der Waals surface area contributed by atoms with Crippen LogP contribution in [0, 0.1) is 0 Å². The molecule has 5 heteroatoms. The second kappa shape index (κ2) is 16.8. The molecule has 0 atom stereocenters. The van der Waals surface area contributed by atoms with E-state index in [1.54, 1.807) is 0 Å². The van der Waals surface area contributed by atoms with Crippen LogP contribution in [0.4, 0.5) is 34.1 Å². The molecule has 3 heterocycles. The Hall–Kier alpha value is -9.00. The fraction of sp³-hybridized carbons (Fsp3) is 0. The highest BCUT2D eigenvalue weighted by molar-refractivity contribution is 7.26. The number of hydrogen-bond donors (Lipinski definition) is 0. The molecule has 0 amide bonds. The van der Waals surface area contributed by atoms with Crippen molar-refractivity contribution in [3.8, 4) is 16.8 Å². The highest BCUT2D eigenvalue weighted by atomic mass is 32.1. The van der Waals surface area contributed by atoms with Gasteiger partial charge in [-0.25, -0.2) is 0 Å². The summed E-state index contributed by atoms with van der Waals surface area (Å²) in [5.41, 5.74) is 12.3. The minimum Gasteiger partial charge on any atom is -0.310 e. The molecule has 0 aliphatic rings. The van der Waals surface area contributed by atoms with Crippen LogP contribution in [-0.4, -0.2) is 4.57 Å². The number of thiophene rings is 2. The second-order valence-electron chi connectivity index (χ2n) is 18.9. The molecule has 0 radical (unpaired) electrons. The fourth-order valence-corrected chi connectivity index (χ4v) is 13.4. The summed E-state index contributed by atoms with van der Waals surface area (Å²) in [6.45, 7) is 0.